The van der Waals surface area contributed by atoms with Crippen molar-refractivity contribution in [3.8, 4) is 0 Å². The number of nitrogens with zero attached hydrogens (tertiary/aromatic N) is 1. The molecular formula is C9H17NO2. The van der Waals surface area contributed by atoms with Crippen LogP contribution in [0.4, 0.5) is 0 Å². The standard InChI is InChI=1S/C9H17NO2/c1-6-4-10(3)7(2)8(5-11)9(6)12/h6-8,11H,4-5H2,1-3H3. The molecule has 1 aliphatic heterocycles. The fourth-order valence-corrected chi connectivity index (χ4v) is 1.84. The number of carbonyl (C=O) groups is 1. The van der Waals surface area contributed by atoms with Crippen molar-refractivity contribution < 1.29 is 9.90 Å². The maximum atomic E-state index is 11.5. The summed E-state index contributed by atoms with van der Waals surface area (Å²) in [6.45, 7) is 4.71. The molecular weight excluding hydrogens is 154 g/mol. The summed E-state index contributed by atoms with van der Waals surface area (Å²) in [6.07, 6.45) is 0. The number of rotatable bonds is 1. The number of piperidine rings is 1. The average Bonchev–Trinajstić information content (AvgIpc) is 2.02. The van der Waals surface area contributed by atoms with Crippen LogP contribution in [0.2, 0.25) is 0 Å². The van der Waals surface area contributed by atoms with Crippen molar-refractivity contribution >= 4 is 5.78 Å². The Balaban J connectivity index is 2.74. The maximum absolute atomic E-state index is 11.5. The van der Waals surface area contributed by atoms with Crippen molar-refractivity contribution in [2.24, 2.45) is 11.8 Å². The van der Waals surface area contributed by atoms with Crippen LogP contribution in [0, 0.1) is 11.8 Å². The van der Waals surface area contributed by atoms with Gasteiger partial charge in [-0.05, 0) is 14.0 Å². The first-order valence-electron chi connectivity index (χ1n) is 4.42. The minimum atomic E-state index is -0.182. The van der Waals surface area contributed by atoms with Crippen LogP contribution in [0.15, 0.2) is 0 Å². The predicted molar refractivity (Wildman–Crippen MR) is 46.8 cm³/mol. The van der Waals surface area contributed by atoms with E-state index in [4.69, 9.17) is 5.11 Å². The largest absolute Gasteiger partial charge is 0.396 e. The van der Waals surface area contributed by atoms with Crippen molar-refractivity contribution in [2.45, 2.75) is 19.9 Å². The first kappa shape index (κ1) is 9.68. The summed E-state index contributed by atoms with van der Waals surface area (Å²) in [5.74, 6) is 0.102. The van der Waals surface area contributed by atoms with Crippen molar-refractivity contribution in [3.63, 3.8) is 0 Å². The van der Waals surface area contributed by atoms with Crippen molar-refractivity contribution in [1.29, 1.82) is 0 Å². The molecule has 0 radical (unpaired) electrons. The van der Waals surface area contributed by atoms with Crippen LogP contribution in [0.25, 0.3) is 0 Å². The van der Waals surface area contributed by atoms with Gasteiger partial charge in [-0.1, -0.05) is 6.92 Å². The summed E-state index contributed by atoms with van der Waals surface area (Å²) in [5, 5.41) is 9.02. The molecule has 3 unspecified atom stereocenters. The minimum absolute atomic E-state index is 0.0192. The Hall–Kier alpha value is -0.410. The van der Waals surface area contributed by atoms with E-state index in [2.05, 4.69) is 4.90 Å². The molecule has 0 aliphatic carbocycles. The lowest BCUT2D eigenvalue weighted by Gasteiger charge is -2.38. The SMILES string of the molecule is CC1CN(C)C(C)C(CO)C1=O. The highest BCUT2D eigenvalue weighted by atomic mass is 16.3. The van der Waals surface area contributed by atoms with Crippen LogP contribution >= 0.6 is 0 Å². The number of aliphatic hydroxyl groups is 1. The van der Waals surface area contributed by atoms with Gasteiger partial charge in [-0.15, -0.1) is 0 Å². The number of likely N-dealkylation sites (tertiary alicyclic amines) is 1. The molecule has 1 fully saturated rings. The van der Waals surface area contributed by atoms with E-state index >= 15 is 0 Å². The van der Waals surface area contributed by atoms with Gasteiger partial charge in [0.2, 0.25) is 0 Å². The number of ketones is 1. The highest BCUT2D eigenvalue weighted by molar-refractivity contribution is 5.84. The molecule has 0 spiro atoms. The molecule has 3 heteroatoms. The van der Waals surface area contributed by atoms with Crippen LogP contribution < -0.4 is 0 Å². The molecule has 0 amide bonds. The van der Waals surface area contributed by atoms with Crippen molar-refractivity contribution in [3.05, 3.63) is 0 Å². The molecule has 1 aliphatic rings. The summed E-state index contributed by atoms with van der Waals surface area (Å²) in [5.41, 5.74) is 0. The summed E-state index contributed by atoms with van der Waals surface area (Å²) in [6, 6.07) is 0.179. The highest BCUT2D eigenvalue weighted by Crippen LogP contribution is 2.22. The topological polar surface area (TPSA) is 40.5 Å². The van der Waals surface area contributed by atoms with Gasteiger partial charge in [-0.3, -0.25) is 4.79 Å². The minimum Gasteiger partial charge on any atom is -0.396 e. The third-order valence-electron chi connectivity index (χ3n) is 2.89. The Morgan fingerprint density at radius 2 is 2.17 bits per heavy atom. The third-order valence-corrected chi connectivity index (χ3v) is 2.89. The van der Waals surface area contributed by atoms with Crippen LogP contribution in [0.1, 0.15) is 13.8 Å². The summed E-state index contributed by atoms with van der Waals surface area (Å²) in [4.78, 5) is 13.7. The van der Waals surface area contributed by atoms with Gasteiger partial charge in [-0.2, -0.15) is 0 Å². The molecule has 0 bridgehead atoms. The zero-order valence-corrected chi connectivity index (χ0v) is 7.95. The molecule has 3 atom stereocenters. The second kappa shape index (κ2) is 3.54. The van der Waals surface area contributed by atoms with Crippen LogP contribution in [-0.4, -0.2) is 42.0 Å². The molecule has 1 rings (SSSR count). The monoisotopic (exact) mass is 171 g/mol. The molecule has 1 N–H and O–H groups in total. The molecule has 0 aromatic carbocycles. The van der Waals surface area contributed by atoms with E-state index in [9.17, 15) is 4.79 Å². The Labute approximate surface area is 73.4 Å². The van der Waals surface area contributed by atoms with E-state index in [1.807, 2.05) is 20.9 Å². The average molecular weight is 171 g/mol. The number of Topliss-reactive ketones (excluding diaryl/α,β-unsaturated/α-hetero) is 1. The van der Waals surface area contributed by atoms with Gasteiger partial charge < -0.3 is 10.0 Å². The van der Waals surface area contributed by atoms with Gasteiger partial charge in [0.25, 0.3) is 0 Å². The van der Waals surface area contributed by atoms with Crippen LogP contribution in [-0.2, 0) is 4.79 Å². The first-order valence-corrected chi connectivity index (χ1v) is 4.42. The highest BCUT2D eigenvalue weighted by Gasteiger charge is 2.35. The Morgan fingerprint density at radius 3 is 2.67 bits per heavy atom. The van der Waals surface area contributed by atoms with E-state index < -0.39 is 0 Å². The van der Waals surface area contributed by atoms with E-state index in [0.29, 0.717) is 0 Å². The Morgan fingerprint density at radius 1 is 1.58 bits per heavy atom. The second-order valence-electron chi connectivity index (χ2n) is 3.77. The van der Waals surface area contributed by atoms with Gasteiger partial charge in [-0.25, -0.2) is 0 Å². The molecule has 1 heterocycles. The molecule has 0 saturated carbocycles. The number of hydrogen-bond donors (Lipinski definition) is 1. The van der Waals surface area contributed by atoms with Gasteiger partial charge in [0.1, 0.15) is 5.78 Å². The quantitative estimate of drug-likeness (QED) is 0.610. The molecule has 1 saturated heterocycles. The lowest BCUT2D eigenvalue weighted by Crippen LogP contribution is -2.51. The van der Waals surface area contributed by atoms with E-state index in [0.717, 1.165) is 6.54 Å². The molecule has 70 valence electrons. The Bertz CT molecular complexity index is 181. The first-order chi connectivity index (χ1) is 5.57. The van der Waals surface area contributed by atoms with Crippen LogP contribution in [0.5, 0.6) is 0 Å². The Kier molecular flexibility index (Phi) is 2.85. The van der Waals surface area contributed by atoms with E-state index in [-0.39, 0.29) is 30.3 Å². The lowest BCUT2D eigenvalue weighted by atomic mass is 9.84. The summed E-state index contributed by atoms with van der Waals surface area (Å²) < 4.78 is 0. The fourth-order valence-electron chi connectivity index (χ4n) is 1.84. The summed E-state index contributed by atoms with van der Waals surface area (Å²) in [7, 11) is 2.00. The van der Waals surface area contributed by atoms with Crippen molar-refractivity contribution in [1.82, 2.24) is 4.90 Å². The lowest BCUT2D eigenvalue weighted by molar-refractivity contribution is -0.134. The van der Waals surface area contributed by atoms with E-state index in [1.165, 1.54) is 0 Å². The van der Waals surface area contributed by atoms with Gasteiger partial charge >= 0.3 is 0 Å². The number of hydrogen-bond acceptors (Lipinski definition) is 3. The number of aliphatic hydroxyl groups excluding tert-OH is 1. The maximum Gasteiger partial charge on any atom is 0.143 e. The smallest absolute Gasteiger partial charge is 0.143 e. The molecule has 3 nitrogen and oxygen atoms in total. The third kappa shape index (κ3) is 1.52. The fraction of sp³-hybridized carbons (Fsp3) is 0.889. The summed E-state index contributed by atoms with van der Waals surface area (Å²) >= 11 is 0. The normalized spacial score (nSPS) is 38.7. The van der Waals surface area contributed by atoms with Crippen LogP contribution in [0.3, 0.4) is 0 Å². The molecule has 0 aromatic heterocycles. The molecule has 0 aromatic rings. The van der Waals surface area contributed by atoms with Gasteiger partial charge in [0, 0.05) is 18.5 Å². The zero-order chi connectivity index (χ0) is 9.30. The molecule has 12 heavy (non-hydrogen) atoms. The van der Waals surface area contributed by atoms with Gasteiger partial charge in [0.15, 0.2) is 0 Å². The zero-order valence-electron chi connectivity index (χ0n) is 7.95. The second-order valence-corrected chi connectivity index (χ2v) is 3.77. The predicted octanol–water partition coefficient (Wildman–Crippen LogP) is 0.134. The van der Waals surface area contributed by atoms with E-state index in [1.54, 1.807) is 0 Å². The number of carbonyl (C=O) groups excluding carboxylic acids is 1. The van der Waals surface area contributed by atoms with Crippen molar-refractivity contribution in [2.75, 3.05) is 20.2 Å². The van der Waals surface area contributed by atoms with Gasteiger partial charge in [0.05, 0.1) is 12.5 Å².